The number of benzene rings is 3. The van der Waals surface area contributed by atoms with Gasteiger partial charge in [-0.1, -0.05) is 24.3 Å². The number of aliphatic hydroxyl groups excluding tert-OH is 1. The third kappa shape index (κ3) is 8.28. The summed E-state index contributed by atoms with van der Waals surface area (Å²) in [5.74, 6) is -3.31. The summed E-state index contributed by atoms with van der Waals surface area (Å²) in [5.41, 5.74) is 4.29. The van der Waals surface area contributed by atoms with Crippen LogP contribution in [0.5, 0.6) is 0 Å². The molecule has 2 aromatic heterocycles. The van der Waals surface area contributed by atoms with E-state index in [9.17, 15) is 32.7 Å². The highest BCUT2D eigenvalue weighted by Crippen LogP contribution is 2.36. The summed E-state index contributed by atoms with van der Waals surface area (Å²) in [6.45, 7) is 5.02. The second-order valence-corrected chi connectivity index (χ2v) is 19.6. The number of rotatable bonds is 11. The molecule has 3 aromatic carbocycles. The lowest BCUT2D eigenvalue weighted by Crippen LogP contribution is -2.55. The number of aliphatic hydroxyl groups is 1. The zero-order valence-electron chi connectivity index (χ0n) is 35.4. The van der Waals surface area contributed by atoms with Crippen LogP contribution >= 0.6 is 0 Å². The second kappa shape index (κ2) is 17.0. The number of nitrogens with one attached hydrogen (secondary N) is 3. The van der Waals surface area contributed by atoms with Crippen molar-refractivity contribution in [1.29, 1.82) is 0 Å². The van der Waals surface area contributed by atoms with Gasteiger partial charge in [0.05, 0.1) is 17.4 Å². The van der Waals surface area contributed by atoms with Gasteiger partial charge in [0, 0.05) is 85.8 Å². The minimum atomic E-state index is -4.24. The lowest BCUT2D eigenvalue weighted by Gasteiger charge is -2.38. The third-order valence-electron chi connectivity index (χ3n) is 13.8. The predicted octanol–water partition coefficient (Wildman–Crippen LogP) is 4.93. The van der Waals surface area contributed by atoms with Crippen LogP contribution in [0.1, 0.15) is 81.8 Å². The fourth-order valence-electron chi connectivity index (χ4n) is 10.0. The van der Waals surface area contributed by atoms with Crippen molar-refractivity contribution in [3.05, 3.63) is 113 Å². The Morgan fingerprint density at radius 1 is 0.892 bits per heavy atom. The normalized spacial score (nSPS) is 20.6. The maximum Gasteiger partial charge on any atom is 0.301 e. The van der Waals surface area contributed by atoms with Crippen molar-refractivity contribution in [2.75, 3.05) is 55.4 Å². The molecule has 0 bridgehead atoms. The second-order valence-electron chi connectivity index (χ2n) is 17.9. The predicted molar refractivity (Wildman–Crippen MR) is 237 cm³/mol. The minimum Gasteiger partial charge on any atom is -0.390 e. The lowest BCUT2D eigenvalue weighted by molar-refractivity contribution is -0.136. The molecule has 0 aliphatic carbocycles. The van der Waals surface area contributed by atoms with Crippen molar-refractivity contribution >= 4 is 56.1 Å². The zero-order valence-corrected chi connectivity index (χ0v) is 36.3. The first-order valence-corrected chi connectivity index (χ1v) is 23.5. The molecule has 1 atom stereocenters. The molecule has 4 fully saturated rings. The number of hydrogen-bond acceptors (Lipinski definition) is 10. The smallest absolute Gasteiger partial charge is 0.301 e. The van der Waals surface area contributed by atoms with Crippen LogP contribution in [-0.2, 0) is 26.3 Å². The number of fused-ring (bicyclic) bond motifs is 2. The van der Waals surface area contributed by atoms with Crippen LogP contribution in [0.2, 0.25) is 0 Å². The van der Waals surface area contributed by atoms with Crippen LogP contribution in [0.15, 0.2) is 73.1 Å². The number of β-amino-alcohol motifs (C(OH)–C–C–N with tert-alkyl or cyclic N) is 1. The fraction of sp³-hybridized carbons (Fsp3) is 0.383. The molecule has 5 aliphatic rings. The molecule has 7 heterocycles. The Balaban J connectivity index is 0.728. The number of likely N-dealkylation sites (tertiary alicyclic amines) is 1. The molecule has 5 aliphatic heterocycles. The molecule has 18 heteroatoms. The largest absolute Gasteiger partial charge is 0.390 e. The van der Waals surface area contributed by atoms with E-state index >= 15 is 8.78 Å². The van der Waals surface area contributed by atoms with E-state index in [0.717, 1.165) is 91.7 Å². The molecule has 0 unspecified atom stereocenters. The highest BCUT2D eigenvalue weighted by Gasteiger charge is 2.40. The van der Waals surface area contributed by atoms with Gasteiger partial charge in [0.15, 0.2) is 5.82 Å². The number of imide groups is 1. The Hall–Kier alpha value is -6.08. The van der Waals surface area contributed by atoms with Crippen LogP contribution in [0.4, 0.5) is 20.2 Å². The van der Waals surface area contributed by atoms with Crippen LogP contribution in [-0.4, -0.2) is 119 Å². The first kappa shape index (κ1) is 42.8. The van der Waals surface area contributed by atoms with Crippen LogP contribution in [0.25, 0.3) is 22.2 Å². The number of ketones is 1. The van der Waals surface area contributed by atoms with Gasteiger partial charge in [-0.2, -0.15) is 12.7 Å². The van der Waals surface area contributed by atoms with Crippen molar-refractivity contribution in [1.82, 2.24) is 29.4 Å². The summed E-state index contributed by atoms with van der Waals surface area (Å²) in [7, 11) is -4.24. The molecule has 15 nitrogen and oxygen atoms in total. The number of piperidine rings is 3. The number of H-pyrrole nitrogens is 1. The van der Waals surface area contributed by atoms with Gasteiger partial charge in [0.1, 0.15) is 17.5 Å². The quantitative estimate of drug-likeness (QED) is 0.105. The van der Waals surface area contributed by atoms with E-state index in [0.29, 0.717) is 47.0 Å². The molecular formula is C47H48F2N8O7S. The van der Waals surface area contributed by atoms with Gasteiger partial charge in [0.25, 0.3) is 5.91 Å². The molecule has 0 radical (unpaired) electrons. The molecular weight excluding hydrogens is 859 g/mol. The number of aromatic amines is 1. The Morgan fingerprint density at radius 3 is 2.37 bits per heavy atom. The number of pyridine rings is 1. The number of carbonyl (C=O) groups excluding carboxylic acids is 4. The van der Waals surface area contributed by atoms with E-state index in [2.05, 4.69) is 54.1 Å². The number of aromatic nitrogens is 2. The van der Waals surface area contributed by atoms with E-state index in [1.807, 2.05) is 18.2 Å². The SMILES string of the molecule is O=C1CC[C@H](N2Cc3cc(C4CCN(CC5CCN(c6ccc(-c7cnc8[nH]cc(C(=O)c9c(F)ccc(NS(=O)(=O)N%10CC(O)C%10)c9F)c8c7)cc6)CC5)CC4)ccc3C2=O)C(=O)N1. The molecule has 338 valence electrons. The van der Waals surface area contributed by atoms with Crippen molar-refractivity contribution in [3.8, 4) is 11.1 Å². The molecule has 10 rings (SSSR count). The Labute approximate surface area is 374 Å². The molecule has 65 heavy (non-hydrogen) atoms. The topological polar surface area (TPSA) is 188 Å². The van der Waals surface area contributed by atoms with Crippen LogP contribution in [0.3, 0.4) is 0 Å². The van der Waals surface area contributed by atoms with Gasteiger partial charge in [-0.3, -0.25) is 29.2 Å². The van der Waals surface area contributed by atoms with Crippen LogP contribution in [0, 0.1) is 17.6 Å². The molecule has 3 amide bonds. The van der Waals surface area contributed by atoms with Crippen molar-refractivity contribution in [2.45, 2.75) is 63.1 Å². The van der Waals surface area contributed by atoms with Gasteiger partial charge in [-0.15, -0.1) is 0 Å². The first-order chi connectivity index (χ1) is 31.3. The van der Waals surface area contributed by atoms with E-state index in [4.69, 9.17) is 0 Å². The Kier molecular flexibility index (Phi) is 11.2. The lowest BCUT2D eigenvalue weighted by atomic mass is 9.87. The molecule has 0 saturated carbocycles. The average Bonchev–Trinajstić information content (AvgIpc) is 3.87. The number of carbonyl (C=O) groups is 4. The van der Waals surface area contributed by atoms with Crippen LogP contribution < -0.4 is 14.9 Å². The number of nitrogens with zero attached hydrogens (tertiary/aromatic N) is 5. The van der Waals surface area contributed by atoms with Gasteiger partial charge < -0.3 is 24.8 Å². The van der Waals surface area contributed by atoms with Gasteiger partial charge in [0.2, 0.25) is 17.6 Å². The standard InChI is InChI=1S/C47H48F2N8O7S/c48-38-7-8-39(53-65(63,64)56-25-34(58)26-56)43(49)42(38)44(60)37-22-51-45-36(37)20-31(21-50-45)28-1-4-33(5-2-28)55-17-11-27(12-18-55)23-54-15-13-29(14-16-54)30-3-6-35-32(19-30)24-57(47(35)62)40-9-10-41(59)52-46(40)61/h1-8,19-22,27,29,34,40,53,58H,9-18,23-26H2,(H,50,51)(H,52,59,61)/t40-/m0/s1. The van der Waals surface area contributed by atoms with Crippen molar-refractivity contribution in [2.24, 2.45) is 5.92 Å². The minimum absolute atomic E-state index is 0.0266. The number of anilines is 2. The fourth-order valence-corrected chi connectivity index (χ4v) is 11.3. The van der Waals surface area contributed by atoms with Crippen molar-refractivity contribution < 1.29 is 41.5 Å². The highest BCUT2D eigenvalue weighted by molar-refractivity contribution is 7.90. The number of halogens is 2. The van der Waals surface area contributed by atoms with Crippen molar-refractivity contribution in [3.63, 3.8) is 0 Å². The van der Waals surface area contributed by atoms with Gasteiger partial charge >= 0.3 is 10.2 Å². The summed E-state index contributed by atoms with van der Waals surface area (Å²) in [5, 5.41) is 12.2. The summed E-state index contributed by atoms with van der Waals surface area (Å²) in [6.07, 6.45) is 6.99. The Morgan fingerprint density at radius 2 is 1.65 bits per heavy atom. The highest BCUT2D eigenvalue weighted by atomic mass is 32.2. The molecule has 4 saturated heterocycles. The molecule has 4 N–H and O–H groups in total. The van der Waals surface area contributed by atoms with E-state index in [-0.39, 0.29) is 36.9 Å². The van der Waals surface area contributed by atoms with Gasteiger partial charge in [-0.05, 0) is 110 Å². The first-order valence-electron chi connectivity index (χ1n) is 22.1. The summed E-state index contributed by atoms with van der Waals surface area (Å²) in [6, 6.07) is 17.1. The maximum atomic E-state index is 15.7. The molecule has 5 aromatic rings. The monoisotopic (exact) mass is 906 g/mol. The van der Waals surface area contributed by atoms with E-state index in [1.54, 1.807) is 17.2 Å². The maximum absolute atomic E-state index is 15.7. The summed E-state index contributed by atoms with van der Waals surface area (Å²) >= 11 is 0. The summed E-state index contributed by atoms with van der Waals surface area (Å²) < 4.78 is 59.0. The average molecular weight is 907 g/mol. The molecule has 0 spiro atoms. The van der Waals surface area contributed by atoms with Gasteiger partial charge in [-0.25, -0.2) is 13.8 Å². The third-order valence-corrected chi connectivity index (χ3v) is 15.3. The summed E-state index contributed by atoms with van der Waals surface area (Å²) in [4.78, 5) is 65.0. The zero-order chi connectivity index (χ0) is 45.1. The number of hydrogen-bond donors (Lipinski definition) is 4. The Bertz CT molecular complexity index is 2830. The van der Waals surface area contributed by atoms with E-state index in [1.165, 1.54) is 11.8 Å². The number of amides is 3. The van der Waals surface area contributed by atoms with E-state index < -0.39 is 56.9 Å².